The van der Waals surface area contributed by atoms with E-state index in [2.05, 4.69) is 10.1 Å². The number of hydrogen-bond acceptors (Lipinski definition) is 7. The molecule has 1 aliphatic heterocycles. The summed E-state index contributed by atoms with van der Waals surface area (Å²) in [5.41, 5.74) is 6.72. The number of alkyl halides is 1. The van der Waals surface area contributed by atoms with Gasteiger partial charge in [-0.15, -0.1) is 0 Å². The average Bonchev–Trinajstić information content (AvgIpc) is 3.22. The molecule has 2 aromatic rings. The zero-order chi connectivity index (χ0) is 22.3. The molecular weight excluding hydrogens is 447 g/mol. The first-order valence-electron chi connectivity index (χ1n) is 10.2. The number of hydrogen-bond donors (Lipinski definition) is 1. The van der Waals surface area contributed by atoms with E-state index in [9.17, 15) is 17.6 Å². The van der Waals surface area contributed by atoms with Gasteiger partial charge in [0.15, 0.2) is 9.84 Å². The van der Waals surface area contributed by atoms with Crippen molar-refractivity contribution in [2.45, 2.75) is 48.7 Å². The van der Waals surface area contributed by atoms with Crippen molar-refractivity contribution in [3.05, 3.63) is 29.1 Å². The van der Waals surface area contributed by atoms with Gasteiger partial charge in [0.25, 0.3) is 0 Å². The number of amides is 1. The van der Waals surface area contributed by atoms with Gasteiger partial charge in [-0.1, -0.05) is 29.6 Å². The largest absolute Gasteiger partial charge is 0.339 e. The molecule has 0 spiro atoms. The van der Waals surface area contributed by atoms with E-state index >= 15 is 0 Å². The molecule has 0 bridgehead atoms. The third kappa shape index (κ3) is 4.91. The van der Waals surface area contributed by atoms with Crippen molar-refractivity contribution in [1.82, 2.24) is 15.0 Å². The zero-order valence-corrected chi connectivity index (χ0v) is 18.6. The Morgan fingerprint density at radius 1 is 1.39 bits per heavy atom. The summed E-state index contributed by atoms with van der Waals surface area (Å²) in [6.07, 6.45) is 3.11. The van der Waals surface area contributed by atoms with Gasteiger partial charge in [0.05, 0.1) is 28.4 Å². The third-order valence-corrected chi connectivity index (χ3v) is 7.24. The van der Waals surface area contributed by atoms with Gasteiger partial charge in [-0.3, -0.25) is 4.79 Å². The van der Waals surface area contributed by atoms with Gasteiger partial charge in [0.2, 0.25) is 17.6 Å². The Kier molecular flexibility index (Phi) is 6.06. The lowest BCUT2D eigenvalue weighted by Crippen LogP contribution is -2.46. The average molecular weight is 471 g/mol. The topological polar surface area (TPSA) is 119 Å². The number of rotatable bonds is 7. The maximum Gasteiger partial charge on any atom is 0.240 e. The van der Waals surface area contributed by atoms with Crippen LogP contribution in [0.15, 0.2) is 27.6 Å². The smallest absolute Gasteiger partial charge is 0.240 e. The van der Waals surface area contributed by atoms with Crippen molar-refractivity contribution in [3.8, 4) is 11.4 Å². The molecule has 11 heteroatoms. The molecule has 1 aliphatic carbocycles. The second-order valence-corrected chi connectivity index (χ2v) is 10.8. The van der Waals surface area contributed by atoms with Crippen LogP contribution in [-0.2, 0) is 14.6 Å². The molecule has 1 aromatic heterocycles. The molecule has 2 aliphatic rings. The minimum atomic E-state index is -3.41. The van der Waals surface area contributed by atoms with Gasteiger partial charge >= 0.3 is 0 Å². The van der Waals surface area contributed by atoms with Crippen molar-refractivity contribution in [1.29, 1.82) is 0 Å². The fraction of sp³-hybridized carbons (Fsp3) is 0.550. The SMILES string of the molecule is CS(=O)(=O)c1ccc(-c2noc([C@@H](CC3CC3)[C@H](N)C(=O)N3CC[C@H](F)C3)n2)c(Cl)c1. The van der Waals surface area contributed by atoms with Crippen molar-refractivity contribution < 1.29 is 22.1 Å². The molecule has 2 fully saturated rings. The molecule has 0 radical (unpaired) electrons. The summed E-state index contributed by atoms with van der Waals surface area (Å²) in [5.74, 6) is 0.0342. The van der Waals surface area contributed by atoms with Crippen molar-refractivity contribution in [2.24, 2.45) is 11.7 Å². The van der Waals surface area contributed by atoms with Crippen LogP contribution in [0.5, 0.6) is 0 Å². The van der Waals surface area contributed by atoms with E-state index in [0.717, 1.165) is 19.1 Å². The lowest BCUT2D eigenvalue weighted by Gasteiger charge is -2.25. The maximum absolute atomic E-state index is 13.5. The number of aromatic nitrogens is 2. The molecule has 1 saturated carbocycles. The molecule has 2 heterocycles. The minimum Gasteiger partial charge on any atom is -0.339 e. The summed E-state index contributed by atoms with van der Waals surface area (Å²) in [7, 11) is -3.41. The monoisotopic (exact) mass is 470 g/mol. The van der Waals surface area contributed by atoms with Gasteiger partial charge in [-0.25, -0.2) is 12.8 Å². The summed E-state index contributed by atoms with van der Waals surface area (Å²) < 4.78 is 42.4. The molecule has 3 atom stereocenters. The lowest BCUT2D eigenvalue weighted by molar-refractivity contribution is -0.132. The van der Waals surface area contributed by atoms with Gasteiger partial charge in [0.1, 0.15) is 6.17 Å². The van der Waals surface area contributed by atoms with E-state index in [4.69, 9.17) is 21.9 Å². The van der Waals surface area contributed by atoms with Crippen molar-refractivity contribution in [2.75, 3.05) is 19.3 Å². The van der Waals surface area contributed by atoms with Crippen LogP contribution in [0.25, 0.3) is 11.4 Å². The highest BCUT2D eigenvalue weighted by Crippen LogP contribution is 2.40. The maximum atomic E-state index is 13.5. The van der Waals surface area contributed by atoms with E-state index in [-0.39, 0.29) is 34.1 Å². The van der Waals surface area contributed by atoms with Gasteiger partial charge in [0, 0.05) is 18.4 Å². The fourth-order valence-corrected chi connectivity index (χ4v) is 4.79. The quantitative estimate of drug-likeness (QED) is 0.660. The highest BCUT2D eigenvalue weighted by molar-refractivity contribution is 7.90. The molecule has 8 nitrogen and oxygen atoms in total. The first kappa shape index (κ1) is 22.2. The summed E-state index contributed by atoms with van der Waals surface area (Å²) in [5, 5.41) is 4.15. The van der Waals surface area contributed by atoms with Crippen LogP contribution in [0, 0.1) is 5.92 Å². The Morgan fingerprint density at radius 2 is 2.13 bits per heavy atom. The van der Waals surface area contributed by atoms with Crippen LogP contribution in [0.1, 0.15) is 37.5 Å². The number of carbonyl (C=O) groups is 1. The van der Waals surface area contributed by atoms with Crippen molar-refractivity contribution >= 4 is 27.3 Å². The first-order valence-corrected chi connectivity index (χ1v) is 12.4. The Hall–Kier alpha value is -2.04. The van der Waals surface area contributed by atoms with Crippen LogP contribution in [0.2, 0.25) is 5.02 Å². The number of nitrogens with zero attached hydrogens (tertiary/aromatic N) is 3. The molecule has 0 unspecified atom stereocenters. The number of benzene rings is 1. The van der Waals surface area contributed by atoms with E-state index < -0.39 is 28.0 Å². The molecule has 1 aromatic carbocycles. The van der Waals surface area contributed by atoms with Crippen LogP contribution in [0.4, 0.5) is 4.39 Å². The number of nitrogens with two attached hydrogens (primary N) is 1. The van der Waals surface area contributed by atoms with Crippen LogP contribution in [-0.4, -0.2) is 60.9 Å². The number of sulfone groups is 1. The fourth-order valence-electron chi connectivity index (χ4n) is 3.82. The highest BCUT2D eigenvalue weighted by atomic mass is 35.5. The first-order chi connectivity index (χ1) is 14.6. The second-order valence-electron chi connectivity index (χ2n) is 8.35. The Balaban J connectivity index is 1.59. The normalized spacial score (nSPS) is 21.3. The van der Waals surface area contributed by atoms with E-state index in [1.807, 2.05) is 0 Å². The predicted octanol–water partition coefficient (Wildman–Crippen LogP) is 2.57. The Morgan fingerprint density at radius 3 is 2.71 bits per heavy atom. The molecule has 1 saturated heterocycles. The summed E-state index contributed by atoms with van der Waals surface area (Å²) in [6, 6.07) is 3.35. The van der Waals surface area contributed by atoms with E-state index in [1.165, 1.54) is 23.1 Å². The Labute approximate surface area is 184 Å². The number of carbonyl (C=O) groups excluding carboxylic acids is 1. The van der Waals surface area contributed by atoms with Crippen LogP contribution >= 0.6 is 11.6 Å². The minimum absolute atomic E-state index is 0.0556. The molecule has 1 amide bonds. The van der Waals surface area contributed by atoms with E-state index in [0.29, 0.717) is 30.9 Å². The van der Waals surface area contributed by atoms with Crippen molar-refractivity contribution in [3.63, 3.8) is 0 Å². The molecule has 168 valence electrons. The molecule has 4 rings (SSSR count). The standard InChI is InChI=1S/C20H24ClFN4O4S/c1-31(28,29)13-4-5-14(16(21)9-13)18-24-19(30-25-18)15(8-11-2-3-11)17(23)20(27)26-7-6-12(22)10-26/h4-5,9,11-12,15,17H,2-3,6-8,10,23H2,1H3/t12-,15-,17-/m0/s1. The highest BCUT2D eigenvalue weighted by Gasteiger charge is 2.39. The number of likely N-dealkylation sites (tertiary alicyclic amines) is 1. The van der Waals surface area contributed by atoms with Crippen LogP contribution < -0.4 is 5.73 Å². The van der Waals surface area contributed by atoms with Gasteiger partial charge in [-0.05, 0) is 37.0 Å². The van der Waals surface area contributed by atoms with E-state index in [1.54, 1.807) is 0 Å². The molecule has 2 N–H and O–H groups in total. The summed E-state index contributed by atoms with van der Waals surface area (Å²) in [6.45, 7) is 0.404. The molecular formula is C20H24ClFN4O4S. The predicted molar refractivity (Wildman–Crippen MR) is 112 cm³/mol. The van der Waals surface area contributed by atoms with Crippen LogP contribution in [0.3, 0.4) is 0 Å². The summed E-state index contributed by atoms with van der Waals surface area (Å²) >= 11 is 6.26. The third-order valence-electron chi connectivity index (χ3n) is 5.81. The van der Waals surface area contributed by atoms with Gasteiger partial charge < -0.3 is 15.2 Å². The Bertz CT molecular complexity index is 1090. The second kappa shape index (κ2) is 8.48. The lowest BCUT2D eigenvalue weighted by atomic mass is 9.93. The molecule has 31 heavy (non-hydrogen) atoms. The zero-order valence-electron chi connectivity index (χ0n) is 17.0. The van der Waals surface area contributed by atoms with Gasteiger partial charge in [-0.2, -0.15) is 4.98 Å². The number of halogens is 2. The summed E-state index contributed by atoms with van der Waals surface area (Å²) in [4.78, 5) is 18.8.